The Morgan fingerprint density at radius 1 is 1.47 bits per heavy atom. The van der Waals surface area contributed by atoms with Crippen LogP contribution in [0.15, 0.2) is 12.1 Å². The van der Waals surface area contributed by atoms with Gasteiger partial charge < -0.3 is 20.9 Å². The van der Waals surface area contributed by atoms with Crippen LogP contribution in [0.4, 0.5) is 5.69 Å². The largest absolute Gasteiger partial charge is 0.507 e. The number of phenols is 1. The molecule has 1 saturated heterocycles. The fourth-order valence-corrected chi connectivity index (χ4v) is 2.26. The van der Waals surface area contributed by atoms with Crippen molar-refractivity contribution in [3.63, 3.8) is 0 Å². The minimum Gasteiger partial charge on any atom is -0.507 e. The Labute approximate surface area is 112 Å². The molecule has 1 aliphatic rings. The third-order valence-electron chi connectivity index (χ3n) is 3.55. The van der Waals surface area contributed by atoms with Gasteiger partial charge in [0.1, 0.15) is 11.9 Å². The van der Waals surface area contributed by atoms with Crippen LogP contribution in [0.5, 0.6) is 5.75 Å². The summed E-state index contributed by atoms with van der Waals surface area (Å²) in [6.07, 6.45) is 1.02. The number of carbonyl (C=O) groups is 1. The van der Waals surface area contributed by atoms with E-state index < -0.39 is 6.10 Å². The van der Waals surface area contributed by atoms with Crippen molar-refractivity contribution in [2.24, 2.45) is 5.73 Å². The number of nitrogens with one attached hydrogen (secondary N) is 1. The SMILES string of the molecule is Cc1ccc(NC(=O)C2CCC(CN)O2)c(C)c1O. The average Bonchev–Trinajstić information content (AvgIpc) is 2.88. The Morgan fingerprint density at radius 2 is 2.21 bits per heavy atom. The minimum atomic E-state index is -0.448. The number of hydrogen-bond donors (Lipinski definition) is 3. The quantitative estimate of drug-likeness (QED) is 0.771. The van der Waals surface area contributed by atoms with E-state index in [-0.39, 0.29) is 17.8 Å². The van der Waals surface area contributed by atoms with Crippen LogP contribution < -0.4 is 11.1 Å². The van der Waals surface area contributed by atoms with E-state index in [1.165, 1.54) is 0 Å². The van der Waals surface area contributed by atoms with Crippen molar-refractivity contribution < 1.29 is 14.6 Å². The van der Waals surface area contributed by atoms with Crippen LogP contribution in [-0.4, -0.2) is 29.8 Å². The molecular weight excluding hydrogens is 244 g/mol. The number of aryl methyl sites for hydroxylation is 1. The van der Waals surface area contributed by atoms with Gasteiger partial charge in [-0.25, -0.2) is 0 Å². The Balaban J connectivity index is 2.06. The standard InChI is InChI=1S/C14H20N2O3/c1-8-3-5-11(9(2)13(8)17)16-14(18)12-6-4-10(7-15)19-12/h3,5,10,12,17H,4,6-7,15H2,1-2H3,(H,16,18). The molecule has 0 bridgehead atoms. The molecule has 0 saturated carbocycles. The molecule has 1 amide bonds. The molecule has 2 unspecified atom stereocenters. The lowest BCUT2D eigenvalue weighted by atomic mass is 10.1. The molecule has 1 heterocycles. The normalized spacial score (nSPS) is 22.5. The Hall–Kier alpha value is -1.59. The zero-order valence-electron chi connectivity index (χ0n) is 11.3. The van der Waals surface area contributed by atoms with Crippen molar-refractivity contribution in [2.75, 3.05) is 11.9 Å². The van der Waals surface area contributed by atoms with Crippen molar-refractivity contribution >= 4 is 11.6 Å². The van der Waals surface area contributed by atoms with Gasteiger partial charge >= 0.3 is 0 Å². The van der Waals surface area contributed by atoms with E-state index in [0.717, 1.165) is 12.0 Å². The highest BCUT2D eigenvalue weighted by molar-refractivity contribution is 5.95. The van der Waals surface area contributed by atoms with E-state index in [4.69, 9.17) is 10.5 Å². The molecular formula is C14H20N2O3. The first-order chi connectivity index (χ1) is 9.02. The topological polar surface area (TPSA) is 84.6 Å². The summed E-state index contributed by atoms with van der Waals surface area (Å²) in [4.78, 5) is 12.1. The molecule has 0 spiro atoms. The van der Waals surface area contributed by atoms with E-state index >= 15 is 0 Å². The number of anilines is 1. The Morgan fingerprint density at radius 3 is 2.84 bits per heavy atom. The summed E-state index contributed by atoms with van der Waals surface area (Å²) in [6, 6.07) is 3.56. The zero-order chi connectivity index (χ0) is 14.0. The molecule has 1 aliphatic heterocycles. The van der Waals surface area contributed by atoms with E-state index in [2.05, 4.69) is 5.32 Å². The lowest BCUT2D eigenvalue weighted by Crippen LogP contribution is -2.30. The molecule has 104 valence electrons. The summed E-state index contributed by atoms with van der Waals surface area (Å²) in [5.41, 5.74) is 7.59. The van der Waals surface area contributed by atoms with Crippen LogP contribution >= 0.6 is 0 Å². The van der Waals surface area contributed by atoms with Crippen molar-refractivity contribution in [3.8, 4) is 5.75 Å². The second kappa shape index (κ2) is 5.59. The average molecular weight is 264 g/mol. The number of amides is 1. The van der Waals surface area contributed by atoms with Crippen LogP contribution in [0, 0.1) is 13.8 Å². The van der Waals surface area contributed by atoms with Gasteiger partial charge in [0.15, 0.2) is 0 Å². The van der Waals surface area contributed by atoms with Gasteiger partial charge in [0, 0.05) is 17.8 Å². The predicted octanol–water partition coefficient (Wildman–Crippen LogP) is 1.45. The third-order valence-corrected chi connectivity index (χ3v) is 3.55. The highest BCUT2D eigenvalue weighted by Crippen LogP contribution is 2.29. The molecule has 0 aliphatic carbocycles. The van der Waals surface area contributed by atoms with Gasteiger partial charge in [-0.15, -0.1) is 0 Å². The van der Waals surface area contributed by atoms with Crippen molar-refractivity contribution in [3.05, 3.63) is 23.3 Å². The summed E-state index contributed by atoms with van der Waals surface area (Å²) in [5.74, 6) is 0.0345. The van der Waals surface area contributed by atoms with Crippen molar-refractivity contribution in [1.82, 2.24) is 0 Å². The number of carbonyl (C=O) groups excluding carboxylic acids is 1. The van der Waals surface area contributed by atoms with Crippen LogP contribution in [0.3, 0.4) is 0 Å². The summed E-state index contributed by atoms with van der Waals surface area (Å²) >= 11 is 0. The molecule has 5 heteroatoms. The molecule has 4 N–H and O–H groups in total. The van der Waals surface area contributed by atoms with Crippen LogP contribution in [-0.2, 0) is 9.53 Å². The van der Waals surface area contributed by atoms with Crippen LogP contribution in [0.2, 0.25) is 0 Å². The number of aromatic hydroxyl groups is 1. The molecule has 1 fully saturated rings. The maximum atomic E-state index is 12.1. The van der Waals surface area contributed by atoms with Crippen molar-refractivity contribution in [2.45, 2.75) is 38.9 Å². The maximum absolute atomic E-state index is 12.1. The van der Waals surface area contributed by atoms with Gasteiger partial charge in [-0.3, -0.25) is 4.79 Å². The number of phenolic OH excluding ortho intramolecular Hbond substituents is 1. The molecule has 1 aromatic carbocycles. The first-order valence-electron chi connectivity index (χ1n) is 6.48. The molecule has 0 radical (unpaired) electrons. The fraction of sp³-hybridized carbons (Fsp3) is 0.500. The summed E-state index contributed by atoms with van der Waals surface area (Å²) < 4.78 is 5.54. The molecule has 2 rings (SSSR count). The highest BCUT2D eigenvalue weighted by Gasteiger charge is 2.30. The van der Waals surface area contributed by atoms with E-state index in [1.807, 2.05) is 6.92 Å². The van der Waals surface area contributed by atoms with Crippen molar-refractivity contribution in [1.29, 1.82) is 0 Å². The number of rotatable bonds is 3. The Kier molecular flexibility index (Phi) is 4.07. The minimum absolute atomic E-state index is 0.0248. The summed E-state index contributed by atoms with van der Waals surface area (Å²) in [7, 11) is 0. The number of ether oxygens (including phenoxy) is 1. The van der Waals surface area contributed by atoms with Crippen LogP contribution in [0.25, 0.3) is 0 Å². The third kappa shape index (κ3) is 2.88. The smallest absolute Gasteiger partial charge is 0.253 e. The van der Waals surface area contributed by atoms with E-state index in [9.17, 15) is 9.90 Å². The zero-order valence-corrected chi connectivity index (χ0v) is 11.3. The molecule has 19 heavy (non-hydrogen) atoms. The molecule has 2 atom stereocenters. The van der Waals surface area contributed by atoms with Gasteiger partial charge in [0.05, 0.1) is 6.10 Å². The predicted molar refractivity (Wildman–Crippen MR) is 73.2 cm³/mol. The molecule has 1 aromatic rings. The van der Waals surface area contributed by atoms with Crippen LogP contribution in [0.1, 0.15) is 24.0 Å². The number of hydrogen-bond acceptors (Lipinski definition) is 4. The Bertz CT molecular complexity index is 488. The van der Waals surface area contributed by atoms with Gasteiger partial charge in [0.2, 0.25) is 0 Å². The van der Waals surface area contributed by atoms with Gasteiger partial charge in [-0.05, 0) is 38.3 Å². The second-order valence-corrected chi connectivity index (χ2v) is 4.95. The van der Waals surface area contributed by atoms with Gasteiger partial charge in [-0.1, -0.05) is 6.07 Å². The highest BCUT2D eigenvalue weighted by atomic mass is 16.5. The summed E-state index contributed by atoms with van der Waals surface area (Å²) in [5, 5.41) is 12.6. The fourth-order valence-electron chi connectivity index (χ4n) is 2.26. The van der Waals surface area contributed by atoms with E-state index in [1.54, 1.807) is 19.1 Å². The van der Waals surface area contributed by atoms with Gasteiger partial charge in [-0.2, -0.15) is 0 Å². The second-order valence-electron chi connectivity index (χ2n) is 4.95. The first kappa shape index (κ1) is 13.8. The maximum Gasteiger partial charge on any atom is 0.253 e. The van der Waals surface area contributed by atoms with E-state index in [0.29, 0.717) is 24.2 Å². The lowest BCUT2D eigenvalue weighted by Gasteiger charge is -2.15. The number of nitrogens with two attached hydrogens (primary N) is 1. The van der Waals surface area contributed by atoms with Gasteiger partial charge in [0.25, 0.3) is 5.91 Å². The number of benzene rings is 1. The molecule has 5 nitrogen and oxygen atoms in total. The first-order valence-corrected chi connectivity index (χ1v) is 6.48. The monoisotopic (exact) mass is 264 g/mol. The summed E-state index contributed by atoms with van der Waals surface area (Å²) in [6.45, 7) is 4.03. The molecule has 0 aromatic heterocycles. The lowest BCUT2D eigenvalue weighted by molar-refractivity contribution is -0.126.